The molecule has 1 saturated heterocycles. The maximum atomic E-state index is 12.7. The van der Waals surface area contributed by atoms with Crippen molar-refractivity contribution in [3.8, 4) is 5.75 Å². The molecule has 2 amide bonds. The number of nitrogens with one attached hydrogen (secondary N) is 1. The molecule has 0 radical (unpaired) electrons. The van der Waals surface area contributed by atoms with Crippen LogP contribution in [0.2, 0.25) is 0 Å². The molecule has 3 fully saturated rings. The van der Waals surface area contributed by atoms with Gasteiger partial charge in [-0.2, -0.15) is 0 Å². The molecule has 1 atom stereocenters. The molecule has 0 aromatic heterocycles. The smallest absolute Gasteiger partial charge is 0.251 e. The topological polar surface area (TPSA) is 58.6 Å². The molecule has 146 valence electrons. The molecule has 1 aromatic rings. The summed E-state index contributed by atoms with van der Waals surface area (Å²) in [5.41, 5.74) is 0.644. The van der Waals surface area contributed by atoms with Gasteiger partial charge < -0.3 is 15.0 Å². The first-order chi connectivity index (χ1) is 13.2. The third-order valence-electron chi connectivity index (χ3n) is 6.09. The number of amides is 2. The number of ether oxygens (including phenoxy) is 1. The number of hydrogen-bond donors (Lipinski definition) is 1. The number of nitrogens with zero attached hydrogens (tertiary/aromatic N) is 1. The van der Waals surface area contributed by atoms with Gasteiger partial charge in [0.15, 0.2) is 0 Å². The van der Waals surface area contributed by atoms with Crippen LogP contribution in [0.1, 0.15) is 61.7 Å². The van der Waals surface area contributed by atoms with Crippen LogP contribution in [0.4, 0.5) is 0 Å². The fourth-order valence-electron chi connectivity index (χ4n) is 4.16. The molecule has 5 heteroatoms. The molecule has 1 aromatic carbocycles. The number of carbonyl (C=O) groups excluding carboxylic acids is 2. The van der Waals surface area contributed by atoms with E-state index in [1.54, 1.807) is 0 Å². The first-order valence-corrected chi connectivity index (χ1v) is 10.5. The SMILES string of the molecule is O=C(NC1CCN(C(=O)C2CCCCC2)C1)c1ccc(OCC2CC2)cc1. The van der Waals surface area contributed by atoms with Gasteiger partial charge >= 0.3 is 0 Å². The lowest BCUT2D eigenvalue weighted by Gasteiger charge is -2.26. The van der Waals surface area contributed by atoms with Crippen LogP contribution in [0, 0.1) is 11.8 Å². The van der Waals surface area contributed by atoms with Crippen molar-refractivity contribution in [3.63, 3.8) is 0 Å². The second-order valence-electron chi connectivity index (χ2n) is 8.36. The molecule has 4 rings (SSSR count). The summed E-state index contributed by atoms with van der Waals surface area (Å²) in [6.07, 6.45) is 9.03. The van der Waals surface area contributed by atoms with Crippen LogP contribution in [0.5, 0.6) is 5.75 Å². The van der Waals surface area contributed by atoms with Crippen LogP contribution in [0.3, 0.4) is 0 Å². The lowest BCUT2D eigenvalue weighted by molar-refractivity contribution is -0.135. The van der Waals surface area contributed by atoms with Crippen LogP contribution in [-0.4, -0.2) is 42.5 Å². The molecule has 1 unspecified atom stereocenters. The average molecular weight is 370 g/mol. The van der Waals surface area contributed by atoms with Gasteiger partial charge in [-0.05, 0) is 62.3 Å². The number of rotatable bonds is 6. The summed E-state index contributed by atoms with van der Waals surface area (Å²) in [6, 6.07) is 7.42. The van der Waals surface area contributed by atoms with Gasteiger partial charge in [-0.25, -0.2) is 0 Å². The van der Waals surface area contributed by atoms with Gasteiger partial charge in [-0.1, -0.05) is 19.3 Å². The van der Waals surface area contributed by atoms with Crippen molar-refractivity contribution >= 4 is 11.8 Å². The Morgan fingerprint density at radius 3 is 2.44 bits per heavy atom. The zero-order valence-corrected chi connectivity index (χ0v) is 16.0. The summed E-state index contributed by atoms with van der Waals surface area (Å²) in [7, 11) is 0. The van der Waals surface area contributed by atoms with E-state index in [2.05, 4.69) is 5.32 Å². The van der Waals surface area contributed by atoms with E-state index in [1.165, 1.54) is 32.1 Å². The third-order valence-corrected chi connectivity index (χ3v) is 6.09. The van der Waals surface area contributed by atoms with Crippen LogP contribution in [0.15, 0.2) is 24.3 Å². The minimum absolute atomic E-state index is 0.0517. The predicted molar refractivity (Wildman–Crippen MR) is 104 cm³/mol. The van der Waals surface area contributed by atoms with Crippen molar-refractivity contribution in [2.45, 2.75) is 57.4 Å². The highest BCUT2D eigenvalue weighted by molar-refractivity contribution is 5.94. The van der Waals surface area contributed by atoms with E-state index in [0.29, 0.717) is 18.0 Å². The summed E-state index contributed by atoms with van der Waals surface area (Å²) < 4.78 is 5.72. The summed E-state index contributed by atoms with van der Waals surface area (Å²) in [4.78, 5) is 27.1. The minimum Gasteiger partial charge on any atom is -0.493 e. The van der Waals surface area contributed by atoms with E-state index < -0.39 is 0 Å². The number of benzene rings is 1. The highest BCUT2D eigenvalue weighted by atomic mass is 16.5. The van der Waals surface area contributed by atoms with Crippen molar-refractivity contribution in [2.75, 3.05) is 19.7 Å². The Labute approximate surface area is 161 Å². The highest BCUT2D eigenvalue weighted by Crippen LogP contribution is 2.29. The van der Waals surface area contributed by atoms with E-state index >= 15 is 0 Å². The standard InChI is InChI=1S/C22H30N2O3/c25-21(17-8-10-20(11-9-17)27-15-16-6-7-16)23-19-12-13-24(14-19)22(26)18-4-2-1-3-5-18/h8-11,16,18-19H,1-7,12-15H2,(H,23,25). The third kappa shape index (κ3) is 4.82. The molecule has 0 bridgehead atoms. The maximum absolute atomic E-state index is 12.7. The molecular weight excluding hydrogens is 340 g/mol. The second-order valence-corrected chi connectivity index (χ2v) is 8.36. The maximum Gasteiger partial charge on any atom is 0.251 e. The Morgan fingerprint density at radius 1 is 1.00 bits per heavy atom. The zero-order valence-electron chi connectivity index (χ0n) is 16.0. The molecule has 1 N–H and O–H groups in total. The Kier molecular flexibility index (Phi) is 5.65. The number of likely N-dealkylation sites (tertiary alicyclic amines) is 1. The van der Waals surface area contributed by atoms with Crippen molar-refractivity contribution in [3.05, 3.63) is 29.8 Å². The molecule has 1 heterocycles. The molecule has 5 nitrogen and oxygen atoms in total. The molecule has 1 aliphatic heterocycles. The summed E-state index contributed by atoms with van der Waals surface area (Å²) in [5.74, 6) is 1.97. The number of hydrogen-bond acceptors (Lipinski definition) is 3. The van der Waals surface area contributed by atoms with Gasteiger partial charge in [-0.15, -0.1) is 0 Å². The normalized spacial score (nSPS) is 23.3. The van der Waals surface area contributed by atoms with Crippen LogP contribution >= 0.6 is 0 Å². The Balaban J connectivity index is 1.25. The fraction of sp³-hybridized carbons (Fsp3) is 0.636. The predicted octanol–water partition coefficient (Wildman–Crippen LogP) is 3.39. The molecule has 27 heavy (non-hydrogen) atoms. The highest BCUT2D eigenvalue weighted by Gasteiger charge is 2.32. The summed E-state index contributed by atoms with van der Waals surface area (Å²) in [6.45, 7) is 2.18. The van der Waals surface area contributed by atoms with Gasteiger partial charge in [0.25, 0.3) is 5.91 Å². The first-order valence-electron chi connectivity index (χ1n) is 10.5. The van der Waals surface area contributed by atoms with E-state index in [9.17, 15) is 9.59 Å². The van der Waals surface area contributed by atoms with Gasteiger partial charge in [-0.3, -0.25) is 9.59 Å². The number of carbonyl (C=O) groups is 2. The van der Waals surface area contributed by atoms with Gasteiger partial charge in [0.05, 0.1) is 6.61 Å². The lowest BCUT2D eigenvalue weighted by atomic mass is 9.88. The largest absolute Gasteiger partial charge is 0.493 e. The van der Waals surface area contributed by atoms with Gasteiger partial charge in [0.2, 0.25) is 5.91 Å². The van der Waals surface area contributed by atoms with Crippen molar-refractivity contribution in [2.24, 2.45) is 11.8 Å². The fourth-order valence-corrected chi connectivity index (χ4v) is 4.16. The van der Waals surface area contributed by atoms with E-state index in [0.717, 1.165) is 44.1 Å². The van der Waals surface area contributed by atoms with Gasteiger partial charge in [0.1, 0.15) is 5.75 Å². The molecule has 2 saturated carbocycles. The van der Waals surface area contributed by atoms with Crippen molar-refractivity contribution in [1.29, 1.82) is 0 Å². The minimum atomic E-state index is -0.0688. The molecule has 3 aliphatic rings. The van der Waals surface area contributed by atoms with E-state index in [4.69, 9.17) is 4.74 Å². The van der Waals surface area contributed by atoms with Crippen LogP contribution < -0.4 is 10.1 Å². The first kappa shape index (κ1) is 18.3. The van der Waals surface area contributed by atoms with Crippen LogP contribution in [0.25, 0.3) is 0 Å². The zero-order chi connectivity index (χ0) is 18.6. The Morgan fingerprint density at radius 2 is 1.74 bits per heavy atom. The molecular formula is C22H30N2O3. The summed E-state index contributed by atoms with van der Waals surface area (Å²) in [5, 5.41) is 3.09. The van der Waals surface area contributed by atoms with E-state index in [1.807, 2.05) is 29.2 Å². The van der Waals surface area contributed by atoms with Crippen molar-refractivity contribution in [1.82, 2.24) is 10.2 Å². The second kappa shape index (κ2) is 8.32. The Hall–Kier alpha value is -2.04. The molecule has 0 spiro atoms. The monoisotopic (exact) mass is 370 g/mol. The summed E-state index contributed by atoms with van der Waals surface area (Å²) >= 11 is 0. The van der Waals surface area contributed by atoms with Crippen LogP contribution in [-0.2, 0) is 4.79 Å². The molecule has 2 aliphatic carbocycles. The van der Waals surface area contributed by atoms with Crippen molar-refractivity contribution < 1.29 is 14.3 Å². The quantitative estimate of drug-likeness (QED) is 0.835. The lowest BCUT2D eigenvalue weighted by Crippen LogP contribution is -2.40. The van der Waals surface area contributed by atoms with Gasteiger partial charge in [0, 0.05) is 30.6 Å². The average Bonchev–Trinajstić information content (AvgIpc) is 3.43. The Bertz CT molecular complexity index is 663. The van der Waals surface area contributed by atoms with E-state index in [-0.39, 0.29) is 17.9 Å².